The van der Waals surface area contributed by atoms with Crippen LogP contribution in [0.3, 0.4) is 0 Å². The lowest BCUT2D eigenvalue weighted by molar-refractivity contribution is -0.124. The van der Waals surface area contributed by atoms with E-state index in [4.69, 9.17) is 4.74 Å². The van der Waals surface area contributed by atoms with Crippen LogP contribution in [0.4, 0.5) is 0 Å². The van der Waals surface area contributed by atoms with Crippen LogP contribution < -0.4 is 5.32 Å². The minimum atomic E-state index is -0.481. The number of ether oxygens (including phenoxy) is 1. The Bertz CT molecular complexity index is 1040. The lowest BCUT2D eigenvalue weighted by atomic mass is 10.1. The first-order valence-electron chi connectivity index (χ1n) is 10.2. The number of carbonyl (C=O) groups is 2. The molecule has 1 aromatic heterocycles. The number of rotatable bonds is 9. The highest BCUT2D eigenvalue weighted by molar-refractivity contribution is 7.99. The number of aromatic nitrogens is 1. The predicted octanol–water partition coefficient (Wildman–Crippen LogP) is 4.57. The van der Waals surface area contributed by atoms with Crippen molar-refractivity contribution in [2.45, 2.75) is 30.1 Å². The average Bonchev–Trinajstić information content (AvgIpc) is 3.63. The molecule has 1 amide bonds. The molecule has 0 unspecified atom stereocenters. The SMILES string of the molecule is O=C(COC(=O)c1cc(C2CC2)nc2ccccc12)NCCCSc1ccccc1. The van der Waals surface area contributed by atoms with E-state index in [2.05, 4.69) is 22.4 Å². The van der Waals surface area contributed by atoms with Crippen molar-refractivity contribution < 1.29 is 14.3 Å². The quantitative estimate of drug-likeness (QED) is 0.312. The second-order valence-corrected chi connectivity index (χ2v) is 8.50. The molecule has 30 heavy (non-hydrogen) atoms. The number of amides is 1. The molecule has 154 valence electrons. The number of para-hydroxylation sites is 1. The van der Waals surface area contributed by atoms with Crippen molar-refractivity contribution in [1.82, 2.24) is 10.3 Å². The largest absolute Gasteiger partial charge is 0.452 e. The van der Waals surface area contributed by atoms with Crippen LogP contribution in [0.5, 0.6) is 0 Å². The maximum absolute atomic E-state index is 12.7. The van der Waals surface area contributed by atoms with E-state index in [9.17, 15) is 9.59 Å². The highest BCUT2D eigenvalue weighted by Crippen LogP contribution is 2.40. The Hall–Kier alpha value is -2.86. The minimum absolute atomic E-state index is 0.278. The van der Waals surface area contributed by atoms with Gasteiger partial charge in [-0.3, -0.25) is 9.78 Å². The molecule has 0 spiro atoms. The van der Waals surface area contributed by atoms with Gasteiger partial charge >= 0.3 is 5.97 Å². The van der Waals surface area contributed by atoms with Crippen LogP contribution in [0.1, 0.15) is 41.2 Å². The molecule has 3 aromatic rings. The van der Waals surface area contributed by atoms with Crippen molar-refractivity contribution in [2.24, 2.45) is 0 Å². The molecule has 5 nitrogen and oxygen atoms in total. The van der Waals surface area contributed by atoms with Crippen LogP contribution in [0.2, 0.25) is 0 Å². The molecular formula is C24H24N2O3S. The van der Waals surface area contributed by atoms with Gasteiger partial charge in [0.05, 0.1) is 11.1 Å². The van der Waals surface area contributed by atoms with Gasteiger partial charge in [0.2, 0.25) is 0 Å². The average molecular weight is 421 g/mol. The summed E-state index contributed by atoms with van der Waals surface area (Å²) in [5.74, 6) is 0.578. The van der Waals surface area contributed by atoms with E-state index in [0.717, 1.165) is 41.6 Å². The molecule has 2 aromatic carbocycles. The van der Waals surface area contributed by atoms with Gasteiger partial charge in [0, 0.05) is 28.4 Å². The van der Waals surface area contributed by atoms with Gasteiger partial charge in [-0.05, 0) is 49.3 Å². The van der Waals surface area contributed by atoms with Crippen LogP contribution in [0.15, 0.2) is 65.6 Å². The lowest BCUT2D eigenvalue weighted by Crippen LogP contribution is -2.29. The number of carbonyl (C=O) groups excluding carboxylic acids is 2. The molecule has 6 heteroatoms. The van der Waals surface area contributed by atoms with Gasteiger partial charge in [0.1, 0.15) is 0 Å². The first-order valence-corrected chi connectivity index (χ1v) is 11.2. The number of esters is 1. The third kappa shape index (κ3) is 5.39. The topological polar surface area (TPSA) is 68.3 Å². The van der Waals surface area contributed by atoms with Gasteiger partial charge < -0.3 is 10.1 Å². The maximum atomic E-state index is 12.7. The normalized spacial score (nSPS) is 13.2. The molecule has 1 N–H and O–H groups in total. The van der Waals surface area contributed by atoms with Crippen molar-refractivity contribution in [1.29, 1.82) is 0 Å². The highest BCUT2D eigenvalue weighted by atomic mass is 32.2. The Kier molecular flexibility index (Phi) is 6.64. The Morgan fingerprint density at radius 3 is 2.63 bits per heavy atom. The number of nitrogens with one attached hydrogen (secondary N) is 1. The highest BCUT2D eigenvalue weighted by Gasteiger charge is 2.27. The number of fused-ring (bicyclic) bond motifs is 1. The van der Waals surface area contributed by atoms with Gasteiger partial charge in [-0.1, -0.05) is 36.4 Å². The monoisotopic (exact) mass is 420 g/mol. The fraction of sp³-hybridized carbons (Fsp3) is 0.292. The summed E-state index contributed by atoms with van der Waals surface area (Å²) in [7, 11) is 0. The van der Waals surface area contributed by atoms with Crippen molar-refractivity contribution >= 4 is 34.5 Å². The standard InChI is InChI=1S/C24H24N2O3S/c27-23(25-13-6-14-30-18-7-2-1-3-8-18)16-29-24(28)20-15-22(17-11-12-17)26-21-10-5-4-9-19(20)21/h1-5,7-10,15,17H,6,11-14,16H2,(H,25,27). The van der Waals surface area contributed by atoms with Crippen molar-refractivity contribution in [3.8, 4) is 0 Å². The van der Waals surface area contributed by atoms with E-state index in [0.29, 0.717) is 18.0 Å². The fourth-order valence-electron chi connectivity index (χ4n) is 3.22. The van der Waals surface area contributed by atoms with Crippen LogP contribution in [-0.4, -0.2) is 35.8 Å². The van der Waals surface area contributed by atoms with E-state index in [1.807, 2.05) is 48.5 Å². The van der Waals surface area contributed by atoms with E-state index in [-0.39, 0.29) is 12.5 Å². The Morgan fingerprint density at radius 2 is 1.83 bits per heavy atom. The third-order valence-electron chi connectivity index (χ3n) is 4.94. The van der Waals surface area contributed by atoms with Crippen LogP contribution >= 0.6 is 11.8 Å². The zero-order valence-corrected chi connectivity index (χ0v) is 17.5. The molecule has 4 rings (SSSR count). The number of hydrogen-bond acceptors (Lipinski definition) is 5. The van der Waals surface area contributed by atoms with E-state index < -0.39 is 5.97 Å². The molecule has 0 radical (unpaired) electrons. The maximum Gasteiger partial charge on any atom is 0.339 e. The van der Waals surface area contributed by atoms with Crippen molar-refractivity contribution in [3.05, 3.63) is 71.9 Å². The summed E-state index contributed by atoms with van der Waals surface area (Å²) in [6.07, 6.45) is 3.05. The summed E-state index contributed by atoms with van der Waals surface area (Å²) in [6, 6.07) is 19.5. The fourth-order valence-corrected chi connectivity index (χ4v) is 4.09. The summed E-state index contributed by atoms with van der Waals surface area (Å²) < 4.78 is 5.30. The minimum Gasteiger partial charge on any atom is -0.452 e. The first kappa shape index (κ1) is 20.4. The van der Waals surface area contributed by atoms with Gasteiger partial charge in [-0.2, -0.15) is 0 Å². The van der Waals surface area contributed by atoms with Gasteiger partial charge in [-0.15, -0.1) is 11.8 Å². The van der Waals surface area contributed by atoms with Crippen LogP contribution in [-0.2, 0) is 9.53 Å². The Balaban J connectivity index is 1.26. The van der Waals surface area contributed by atoms with Crippen molar-refractivity contribution in [2.75, 3.05) is 18.9 Å². The summed E-state index contributed by atoms with van der Waals surface area (Å²) in [5, 5.41) is 3.57. The van der Waals surface area contributed by atoms with Gasteiger partial charge in [-0.25, -0.2) is 4.79 Å². The number of pyridine rings is 1. The molecule has 1 saturated carbocycles. The number of hydrogen-bond donors (Lipinski definition) is 1. The summed E-state index contributed by atoms with van der Waals surface area (Å²) in [4.78, 5) is 30.6. The first-order chi connectivity index (χ1) is 14.7. The number of benzene rings is 2. The van der Waals surface area contributed by atoms with Crippen molar-refractivity contribution in [3.63, 3.8) is 0 Å². The van der Waals surface area contributed by atoms with Gasteiger partial charge in [0.25, 0.3) is 5.91 Å². The molecule has 0 bridgehead atoms. The molecule has 0 aliphatic heterocycles. The molecule has 1 fully saturated rings. The number of nitrogens with zero attached hydrogens (tertiary/aromatic N) is 1. The molecule has 1 aliphatic carbocycles. The molecule has 0 saturated heterocycles. The third-order valence-corrected chi connectivity index (χ3v) is 6.04. The molecule has 0 atom stereocenters. The summed E-state index contributed by atoms with van der Waals surface area (Å²) >= 11 is 1.75. The zero-order valence-electron chi connectivity index (χ0n) is 16.7. The second-order valence-electron chi connectivity index (χ2n) is 7.33. The second kappa shape index (κ2) is 9.76. The number of thioether (sulfide) groups is 1. The van der Waals surface area contributed by atoms with E-state index in [1.54, 1.807) is 11.8 Å². The zero-order chi connectivity index (χ0) is 20.8. The smallest absolute Gasteiger partial charge is 0.339 e. The molecular weight excluding hydrogens is 396 g/mol. The van der Waals surface area contributed by atoms with Crippen LogP contribution in [0.25, 0.3) is 10.9 Å². The Morgan fingerprint density at radius 1 is 1.07 bits per heavy atom. The Labute approximate surface area is 180 Å². The molecule has 1 aliphatic rings. The van der Waals surface area contributed by atoms with Crippen LogP contribution in [0, 0.1) is 0 Å². The van der Waals surface area contributed by atoms with E-state index >= 15 is 0 Å². The summed E-state index contributed by atoms with van der Waals surface area (Å²) in [6.45, 7) is 0.278. The lowest BCUT2D eigenvalue weighted by Gasteiger charge is -2.10. The summed E-state index contributed by atoms with van der Waals surface area (Å²) in [5.41, 5.74) is 2.20. The van der Waals surface area contributed by atoms with E-state index in [1.165, 1.54) is 4.90 Å². The van der Waals surface area contributed by atoms with Gasteiger partial charge in [0.15, 0.2) is 6.61 Å². The molecule has 1 heterocycles. The predicted molar refractivity (Wildman–Crippen MR) is 119 cm³/mol.